The summed E-state index contributed by atoms with van der Waals surface area (Å²) in [5.41, 5.74) is 7.55. The summed E-state index contributed by atoms with van der Waals surface area (Å²) < 4.78 is 11.1. The Morgan fingerprint density at radius 1 is 1.10 bits per heavy atom. The molecule has 0 aliphatic heterocycles. The highest BCUT2D eigenvalue weighted by atomic mass is 16.5. The van der Waals surface area contributed by atoms with Gasteiger partial charge in [-0.05, 0) is 38.1 Å². The van der Waals surface area contributed by atoms with Crippen LogP contribution in [0.15, 0.2) is 53.1 Å². The molecule has 0 spiro atoms. The molecule has 0 unspecified atom stereocenters. The van der Waals surface area contributed by atoms with Crippen molar-refractivity contribution >= 4 is 23.5 Å². The van der Waals surface area contributed by atoms with Gasteiger partial charge in [0.15, 0.2) is 5.76 Å². The van der Waals surface area contributed by atoms with Crippen molar-refractivity contribution in [3.63, 3.8) is 0 Å². The summed E-state index contributed by atoms with van der Waals surface area (Å²) in [6, 6.07) is 12.2. The molecule has 0 saturated heterocycles. The van der Waals surface area contributed by atoms with Crippen LogP contribution in [-0.2, 0) is 0 Å². The van der Waals surface area contributed by atoms with Gasteiger partial charge in [0, 0.05) is 41.5 Å². The second kappa shape index (κ2) is 9.13. The molecule has 8 heteroatoms. The summed E-state index contributed by atoms with van der Waals surface area (Å²) in [5.74, 6) is 0.499. The van der Waals surface area contributed by atoms with Crippen LogP contribution in [-0.4, -0.2) is 41.9 Å². The molecule has 3 aromatic rings. The molecule has 0 fully saturated rings. The third-order valence-electron chi connectivity index (χ3n) is 4.65. The standard InChI is InChI=1S/C22H24N4O4/c1-4-26(5-2)21(28)16-10-17(12-18(11-16)29-3)25-22-24-13-19(30-22)14-6-8-15(9-7-14)20(23)27/h6-13H,4-5H2,1-3H3,(H2,23,27)(H,24,25). The van der Waals surface area contributed by atoms with Crippen LogP contribution in [0.5, 0.6) is 5.75 Å². The van der Waals surface area contributed by atoms with Crippen LogP contribution in [0.1, 0.15) is 34.6 Å². The van der Waals surface area contributed by atoms with E-state index in [1.165, 1.54) is 0 Å². The van der Waals surface area contributed by atoms with Crippen LogP contribution < -0.4 is 15.8 Å². The largest absolute Gasteiger partial charge is 0.497 e. The number of nitrogens with two attached hydrogens (primary N) is 1. The summed E-state index contributed by atoms with van der Waals surface area (Å²) >= 11 is 0. The number of hydrogen-bond donors (Lipinski definition) is 2. The van der Waals surface area contributed by atoms with Crippen molar-refractivity contribution in [2.75, 3.05) is 25.5 Å². The second-order valence-electron chi connectivity index (χ2n) is 6.52. The van der Waals surface area contributed by atoms with Gasteiger partial charge >= 0.3 is 0 Å². The van der Waals surface area contributed by atoms with E-state index in [0.29, 0.717) is 41.4 Å². The number of hydrogen-bond acceptors (Lipinski definition) is 6. The minimum Gasteiger partial charge on any atom is -0.497 e. The molecule has 0 bridgehead atoms. The Kier molecular flexibility index (Phi) is 6.36. The first kappa shape index (κ1) is 20.9. The number of ether oxygens (including phenoxy) is 1. The fraction of sp³-hybridized carbons (Fsp3) is 0.227. The average molecular weight is 408 g/mol. The van der Waals surface area contributed by atoms with E-state index in [9.17, 15) is 9.59 Å². The predicted octanol–water partition coefficient (Wildman–Crippen LogP) is 3.67. The number of aromatic nitrogens is 1. The lowest BCUT2D eigenvalue weighted by atomic mass is 10.1. The molecule has 1 heterocycles. The molecule has 8 nitrogen and oxygen atoms in total. The molecule has 0 radical (unpaired) electrons. The molecule has 2 amide bonds. The van der Waals surface area contributed by atoms with Crippen LogP contribution in [0.2, 0.25) is 0 Å². The van der Waals surface area contributed by atoms with Crippen LogP contribution in [0.25, 0.3) is 11.3 Å². The second-order valence-corrected chi connectivity index (χ2v) is 6.52. The fourth-order valence-corrected chi connectivity index (χ4v) is 2.99. The number of methoxy groups -OCH3 is 1. The summed E-state index contributed by atoms with van der Waals surface area (Å²) in [6.07, 6.45) is 1.57. The molecule has 0 atom stereocenters. The molecular weight excluding hydrogens is 384 g/mol. The van der Waals surface area contributed by atoms with Gasteiger partial charge in [0.2, 0.25) is 5.91 Å². The van der Waals surface area contributed by atoms with Crippen LogP contribution in [0.4, 0.5) is 11.7 Å². The smallest absolute Gasteiger partial charge is 0.299 e. The lowest BCUT2D eigenvalue weighted by Crippen LogP contribution is -2.30. The maximum absolute atomic E-state index is 12.7. The van der Waals surface area contributed by atoms with Crippen LogP contribution >= 0.6 is 0 Å². The van der Waals surface area contributed by atoms with Gasteiger partial charge in [-0.1, -0.05) is 12.1 Å². The zero-order valence-electron chi connectivity index (χ0n) is 17.1. The number of amides is 2. The molecule has 3 rings (SSSR count). The Morgan fingerprint density at radius 2 is 1.80 bits per heavy atom. The molecule has 1 aromatic heterocycles. The molecule has 30 heavy (non-hydrogen) atoms. The van der Waals surface area contributed by atoms with Crippen molar-refractivity contribution in [1.82, 2.24) is 9.88 Å². The number of carbonyl (C=O) groups is 2. The fourth-order valence-electron chi connectivity index (χ4n) is 2.99. The highest BCUT2D eigenvalue weighted by molar-refractivity contribution is 5.96. The van der Waals surface area contributed by atoms with Gasteiger partial charge in [-0.2, -0.15) is 0 Å². The van der Waals surface area contributed by atoms with E-state index in [4.69, 9.17) is 14.9 Å². The summed E-state index contributed by atoms with van der Waals surface area (Å²) in [7, 11) is 1.55. The third-order valence-corrected chi connectivity index (χ3v) is 4.65. The minimum absolute atomic E-state index is 0.0791. The van der Waals surface area contributed by atoms with E-state index in [1.54, 1.807) is 60.7 Å². The normalized spacial score (nSPS) is 10.5. The zero-order chi connectivity index (χ0) is 21.7. The van der Waals surface area contributed by atoms with E-state index in [1.807, 2.05) is 13.8 Å². The summed E-state index contributed by atoms with van der Waals surface area (Å²) in [5, 5.41) is 3.07. The van der Waals surface area contributed by atoms with Gasteiger partial charge in [-0.3, -0.25) is 9.59 Å². The molecule has 0 saturated carbocycles. The molecule has 156 valence electrons. The number of anilines is 2. The van der Waals surface area contributed by atoms with Crippen LogP contribution in [0.3, 0.4) is 0 Å². The summed E-state index contributed by atoms with van der Waals surface area (Å²) in [6.45, 7) is 5.11. The maximum atomic E-state index is 12.7. The van der Waals surface area contributed by atoms with Gasteiger partial charge in [0.05, 0.1) is 13.3 Å². The number of rotatable bonds is 8. The average Bonchev–Trinajstić information content (AvgIpc) is 3.22. The van der Waals surface area contributed by atoms with Crippen molar-refractivity contribution in [3.8, 4) is 17.1 Å². The van der Waals surface area contributed by atoms with E-state index < -0.39 is 5.91 Å². The van der Waals surface area contributed by atoms with E-state index in [0.717, 1.165) is 5.56 Å². The van der Waals surface area contributed by atoms with Crippen molar-refractivity contribution in [3.05, 3.63) is 59.8 Å². The zero-order valence-corrected chi connectivity index (χ0v) is 17.1. The Labute approximate surface area is 174 Å². The number of oxazole rings is 1. The van der Waals surface area contributed by atoms with Crippen molar-refractivity contribution in [2.45, 2.75) is 13.8 Å². The molecule has 0 aliphatic carbocycles. The highest BCUT2D eigenvalue weighted by Crippen LogP contribution is 2.27. The lowest BCUT2D eigenvalue weighted by molar-refractivity contribution is 0.0772. The third kappa shape index (κ3) is 4.60. The first-order valence-electron chi connectivity index (χ1n) is 9.56. The van der Waals surface area contributed by atoms with Crippen molar-refractivity contribution < 1.29 is 18.7 Å². The maximum Gasteiger partial charge on any atom is 0.299 e. The highest BCUT2D eigenvalue weighted by Gasteiger charge is 2.16. The number of nitrogens with one attached hydrogen (secondary N) is 1. The van der Waals surface area contributed by atoms with Crippen molar-refractivity contribution in [1.29, 1.82) is 0 Å². The Morgan fingerprint density at radius 3 is 2.40 bits per heavy atom. The topological polar surface area (TPSA) is 111 Å². The molecular formula is C22H24N4O4. The predicted molar refractivity (Wildman–Crippen MR) is 114 cm³/mol. The molecule has 0 aliphatic rings. The first-order chi connectivity index (χ1) is 14.4. The number of primary amides is 1. The SMILES string of the molecule is CCN(CC)C(=O)c1cc(Nc2ncc(-c3ccc(C(N)=O)cc3)o2)cc(OC)c1. The van der Waals surface area contributed by atoms with E-state index in [-0.39, 0.29) is 11.9 Å². The van der Waals surface area contributed by atoms with Crippen LogP contribution in [0, 0.1) is 0 Å². The number of nitrogens with zero attached hydrogens (tertiary/aromatic N) is 2. The molecule has 2 aromatic carbocycles. The van der Waals surface area contributed by atoms with Gasteiger partial charge in [-0.25, -0.2) is 4.98 Å². The van der Waals surface area contributed by atoms with Gasteiger partial charge in [0.25, 0.3) is 11.9 Å². The first-order valence-corrected chi connectivity index (χ1v) is 9.56. The lowest BCUT2D eigenvalue weighted by Gasteiger charge is -2.19. The van der Waals surface area contributed by atoms with Gasteiger partial charge < -0.3 is 25.1 Å². The quantitative estimate of drug-likeness (QED) is 0.588. The summed E-state index contributed by atoms with van der Waals surface area (Å²) in [4.78, 5) is 29.9. The van der Waals surface area contributed by atoms with E-state index >= 15 is 0 Å². The van der Waals surface area contributed by atoms with Gasteiger partial charge in [0.1, 0.15) is 5.75 Å². The monoisotopic (exact) mass is 408 g/mol. The Bertz CT molecular complexity index is 1040. The Hall–Kier alpha value is -3.81. The van der Waals surface area contributed by atoms with Crippen molar-refractivity contribution in [2.24, 2.45) is 5.73 Å². The molecule has 3 N–H and O–H groups in total. The number of carbonyl (C=O) groups excluding carboxylic acids is 2. The van der Waals surface area contributed by atoms with E-state index in [2.05, 4.69) is 10.3 Å². The Balaban J connectivity index is 1.83. The number of benzene rings is 2. The van der Waals surface area contributed by atoms with Gasteiger partial charge in [-0.15, -0.1) is 0 Å². The minimum atomic E-state index is -0.491.